The fraction of sp³-hybridized carbons (Fsp3) is 0.333. The summed E-state index contributed by atoms with van der Waals surface area (Å²) in [6.45, 7) is 4.39. The number of hydrogen-bond donors (Lipinski definition) is 3. The van der Waals surface area contributed by atoms with Gasteiger partial charge in [0.25, 0.3) is 5.91 Å². The van der Waals surface area contributed by atoms with Crippen molar-refractivity contribution in [3.05, 3.63) is 53.1 Å². The minimum Gasteiger partial charge on any atom is -0.493 e. The number of carbonyl (C=O) groups is 3. The molecule has 0 aliphatic carbocycles. The molecule has 0 saturated heterocycles. The van der Waals surface area contributed by atoms with Crippen LogP contribution < -0.4 is 25.5 Å². The molecular formula is C24H29ClN4O6. The molecule has 2 aromatic rings. The van der Waals surface area contributed by atoms with Gasteiger partial charge in [0, 0.05) is 13.2 Å². The maximum absolute atomic E-state index is 12.2. The van der Waals surface area contributed by atoms with E-state index >= 15 is 0 Å². The Kier molecular flexibility index (Phi) is 11.5. The van der Waals surface area contributed by atoms with Crippen molar-refractivity contribution in [2.24, 2.45) is 5.10 Å². The zero-order valence-electron chi connectivity index (χ0n) is 19.8. The number of carbonyl (C=O) groups excluding carboxylic acids is 3. The number of halogens is 1. The summed E-state index contributed by atoms with van der Waals surface area (Å²) < 4.78 is 16.2. The van der Waals surface area contributed by atoms with Gasteiger partial charge in [-0.3, -0.25) is 14.4 Å². The van der Waals surface area contributed by atoms with Crippen molar-refractivity contribution in [2.75, 3.05) is 32.2 Å². The first-order valence-electron chi connectivity index (χ1n) is 10.9. The van der Waals surface area contributed by atoms with Crippen molar-refractivity contribution in [1.29, 1.82) is 0 Å². The first-order chi connectivity index (χ1) is 16.8. The van der Waals surface area contributed by atoms with Gasteiger partial charge in [-0.2, -0.15) is 5.10 Å². The molecule has 35 heavy (non-hydrogen) atoms. The lowest BCUT2D eigenvalue weighted by atomic mass is 10.2. The predicted molar refractivity (Wildman–Crippen MR) is 133 cm³/mol. The van der Waals surface area contributed by atoms with E-state index < -0.39 is 11.8 Å². The highest BCUT2D eigenvalue weighted by atomic mass is 35.5. The molecule has 0 aliphatic rings. The second-order valence-electron chi connectivity index (χ2n) is 7.46. The smallest absolute Gasteiger partial charge is 0.329 e. The lowest BCUT2D eigenvalue weighted by Gasteiger charge is -2.12. The number of hydrazone groups is 1. The van der Waals surface area contributed by atoms with E-state index in [1.165, 1.54) is 13.3 Å². The lowest BCUT2D eigenvalue weighted by molar-refractivity contribution is -0.139. The van der Waals surface area contributed by atoms with Crippen LogP contribution in [0.5, 0.6) is 11.5 Å². The minimum atomic E-state index is -0.887. The van der Waals surface area contributed by atoms with Gasteiger partial charge < -0.3 is 24.8 Å². The van der Waals surface area contributed by atoms with Crippen LogP contribution in [-0.4, -0.2) is 56.9 Å². The van der Waals surface area contributed by atoms with Crippen molar-refractivity contribution in [2.45, 2.75) is 26.4 Å². The molecule has 0 bridgehead atoms. The van der Waals surface area contributed by atoms with E-state index in [4.69, 9.17) is 25.8 Å². The molecule has 0 saturated carbocycles. The van der Waals surface area contributed by atoms with Crippen LogP contribution in [-0.2, 0) is 19.1 Å². The van der Waals surface area contributed by atoms with Crippen molar-refractivity contribution < 1.29 is 28.6 Å². The summed E-state index contributed by atoms with van der Waals surface area (Å²) >= 11 is 6.03. The van der Waals surface area contributed by atoms with E-state index in [-0.39, 0.29) is 18.6 Å². The Bertz CT molecular complexity index is 1040. The molecule has 0 aliphatic heterocycles. The van der Waals surface area contributed by atoms with Crippen molar-refractivity contribution in [3.8, 4) is 11.5 Å². The van der Waals surface area contributed by atoms with Gasteiger partial charge in [-0.1, -0.05) is 23.7 Å². The third kappa shape index (κ3) is 10.0. The van der Waals surface area contributed by atoms with Crippen LogP contribution in [0.4, 0.5) is 5.69 Å². The van der Waals surface area contributed by atoms with Crippen molar-refractivity contribution in [3.63, 3.8) is 0 Å². The lowest BCUT2D eigenvalue weighted by Crippen LogP contribution is -2.38. The largest absolute Gasteiger partial charge is 0.493 e. The number of hydrogen-bond acceptors (Lipinski definition) is 7. The number of benzene rings is 2. The molecule has 11 heteroatoms. The van der Waals surface area contributed by atoms with E-state index in [0.29, 0.717) is 47.3 Å². The highest BCUT2D eigenvalue weighted by Gasteiger charge is 2.12. The van der Waals surface area contributed by atoms with E-state index in [1.54, 1.807) is 42.5 Å². The molecule has 0 aromatic heterocycles. The highest BCUT2D eigenvalue weighted by Crippen LogP contribution is 2.27. The number of rotatable bonds is 12. The number of methoxy groups -OCH3 is 1. The quantitative estimate of drug-likeness (QED) is 0.176. The van der Waals surface area contributed by atoms with Crippen LogP contribution in [0.25, 0.3) is 0 Å². The van der Waals surface area contributed by atoms with E-state index in [9.17, 15) is 14.4 Å². The van der Waals surface area contributed by atoms with Crippen LogP contribution in [0.1, 0.15) is 25.8 Å². The Morgan fingerprint density at radius 2 is 1.86 bits per heavy atom. The number of amides is 3. The molecule has 188 valence electrons. The maximum atomic E-state index is 12.2. The number of anilines is 1. The Labute approximate surface area is 209 Å². The molecular weight excluding hydrogens is 476 g/mol. The minimum absolute atomic E-state index is 0.112. The van der Waals surface area contributed by atoms with Gasteiger partial charge in [-0.15, -0.1) is 0 Å². The van der Waals surface area contributed by atoms with Gasteiger partial charge >= 0.3 is 11.8 Å². The third-order valence-corrected chi connectivity index (χ3v) is 4.67. The third-order valence-electron chi connectivity index (χ3n) is 4.34. The SMILES string of the molecule is COc1cc(/C=N\NC(=O)C(=O)NCCCOC(C)C)ccc1OCC(=O)Nc1ccccc1Cl. The Morgan fingerprint density at radius 3 is 2.57 bits per heavy atom. The van der Waals surface area contributed by atoms with Crippen molar-refractivity contribution in [1.82, 2.24) is 10.7 Å². The topological polar surface area (TPSA) is 127 Å². The Hall–Kier alpha value is -3.63. The fourth-order valence-electron chi connectivity index (χ4n) is 2.67. The van der Waals surface area contributed by atoms with Gasteiger partial charge in [0.1, 0.15) is 0 Å². The van der Waals surface area contributed by atoms with Gasteiger partial charge in [0.2, 0.25) is 0 Å². The maximum Gasteiger partial charge on any atom is 0.329 e. The van der Waals surface area contributed by atoms with Crippen LogP contribution in [0.3, 0.4) is 0 Å². The molecule has 0 atom stereocenters. The van der Waals surface area contributed by atoms with Gasteiger partial charge in [0.15, 0.2) is 18.1 Å². The number of nitrogens with one attached hydrogen (secondary N) is 3. The van der Waals surface area contributed by atoms with Crippen LogP contribution in [0.15, 0.2) is 47.6 Å². The van der Waals surface area contributed by atoms with Crippen LogP contribution in [0, 0.1) is 0 Å². The molecule has 2 aromatic carbocycles. The monoisotopic (exact) mass is 504 g/mol. The number of ether oxygens (including phenoxy) is 3. The zero-order valence-corrected chi connectivity index (χ0v) is 20.6. The van der Waals surface area contributed by atoms with E-state index in [1.807, 2.05) is 13.8 Å². The highest BCUT2D eigenvalue weighted by molar-refractivity contribution is 6.35. The molecule has 0 unspecified atom stereocenters. The van der Waals surface area contributed by atoms with Crippen LogP contribution >= 0.6 is 11.6 Å². The average Bonchev–Trinajstić information content (AvgIpc) is 2.83. The summed E-state index contributed by atoms with van der Waals surface area (Å²) in [5.74, 6) is -1.37. The standard InChI is InChI=1S/C24H29ClN4O6/c1-16(2)34-12-6-11-26-23(31)24(32)29-27-14-17-9-10-20(21(13-17)33-3)35-15-22(30)28-19-8-5-4-7-18(19)25/h4-5,7-10,13-14,16H,6,11-12,15H2,1-3H3,(H,26,31)(H,28,30)(H,29,32)/b27-14-. The molecule has 0 spiro atoms. The summed E-state index contributed by atoms with van der Waals surface area (Å²) in [6.07, 6.45) is 2.05. The predicted octanol–water partition coefficient (Wildman–Crippen LogP) is 2.75. The van der Waals surface area contributed by atoms with Gasteiger partial charge in [-0.05, 0) is 56.2 Å². The summed E-state index contributed by atoms with van der Waals surface area (Å²) in [7, 11) is 1.45. The van der Waals surface area contributed by atoms with Crippen LogP contribution in [0.2, 0.25) is 5.02 Å². The fourth-order valence-corrected chi connectivity index (χ4v) is 2.85. The average molecular weight is 505 g/mol. The zero-order chi connectivity index (χ0) is 25.6. The number of para-hydroxylation sites is 1. The molecule has 0 fully saturated rings. The summed E-state index contributed by atoms with van der Waals surface area (Å²) in [6, 6.07) is 11.7. The summed E-state index contributed by atoms with van der Waals surface area (Å²) in [4.78, 5) is 35.8. The summed E-state index contributed by atoms with van der Waals surface area (Å²) in [5, 5.41) is 9.35. The molecule has 10 nitrogen and oxygen atoms in total. The Morgan fingerprint density at radius 1 is 1.09 bits per heavy atom. The Balaban J connectivity index is 1.82. The first-order valence-corrected chi connectivity index (χ1v) is 11.3. The number of nitrogens with zero attached hydrogens (tertiary/aromatic N) is 1. The summed E-state index contributed by atoms with van der Waals surface area (Å²) in [5.41, 5.74) is 3.22. The van der Waals surface area contributed by atoms with Crippen molar-refractivity contribution >= 4 is 41.2 Å². The second kappa shape index (κ2) is 14.6. The molecule has 0 radical (unpaired) electrons. The molecule has 3 N–H and O–H groups in total. The molecule has 2 rings (SSSR count). The van der Waals surface area contributed by atoms with Gasteiger partial charge in [0.05, 0.1) is 30.1 Å². The molecule has 0 heterocycles. The van der Waals surface area contributed by atoms with E-state index in [0.717, 1.165) is 0 Å². The normalized spacial score (nSPS) is 10.8. The molecule has 3 amide bonds. The van der Waals surface area contributed by atoms with Gasteiger partial charge in [-0.25, -0.2) is 5.43 Å². The van der Waals surface area contributed by atoms with E-state index in [2.05, 4.69) is 21.2 Å². The first kappa shape index (κ1) is 27.6. The second-order valence-corrected chi connectivity index (χ2v) is 7.86.